The summed E-state index contributed by atoms with van der Waals surface area (Å²) in [5, 5.41) is 3.17. The second kappa shape index (κ2) is 4.90. The average Bonchev–Trinajstić information content (AvgIpc) is 2.86. The fourth-order valence-corrected chi connectivity index (χ4v) is 3.17. The monoisotopic (exact) mass is 289 g/mol. The van der Waals surface area contributed by atoms with Crippen LogP contribution < -0.4 is 5.32 Å². The molecule has 0 atom stereocenters. The van der Waals surface area contributed by atoms with Gasteiger partial charge in [-0.25, -0.2) is 9.37 Å². The molecule has 0 unspecified atom stereocenters. The normalized spacial score (nSPS) is 11.2. The van der Waals surface area contributed by atoms with Crippen LogP contribution in [0.15, 0.2) is 24.4 Å². The molecule has 0 radical (unpaired) electrons. The zero-order chi connectivity index (χ0) is 14.3. The number of hydrogen-bond acceptors (Lipinski definition) is 3. The van der Waals surface area contributed by atoms with Gasteiger partial charge in [0.1, 0.15) is 5.82 Å². The first-order valence-corrected chi connectivity index (χ1v) is 7.30. The summed E-state index contributed by atoms with van der Waals surface area (Å²) < 4.78 is 15.8. The number of aromatic nitrogens is 2. The average molecular weight is 289 g/mol. The van der Waals surface area contributed by atoms with E-state index in [9.17, 15) is 4.39 Å². The van der Waals surface area contributed by atoms with Crippen molar-refractivity contribution in [2.75, 3.05) is 5.32 Å². The Morgan fingerprint density at radius 3 is 2.90 bits per heavy atom. The third kappa shape index (κ3) is 2.29. The Hall–Kier alpha value is -1.88. The lowest BCUT2D eigenvalue weighted by Gasteiger charge is -2.08. The number of anilines is 1. The number of rotatable bonds is 3. The molecule has 0 spiro atoms. The number of fused-ring (bicyclic) bond motifs is 1. The molecule has 3 aromatic rings. The van der Waals surface area contributed by atoms with Crippen LogP contribution in [0.3, 0.4) is 0 Å². The first-order chi connectivity index (χ1) is 9.54. The summed E-state index contributed by atoms with van der Waals surface area (Å²) in [6.07, 6.45) is 2.07. The van der Waals surface area contributed by atoms with E-state index in [1.807, 2.05) is 19.9 Å². The largest absolute Gasteiger partial charge is 0.377 e. The lowest BCUT2D eigenvalue weighted by Crippen LogP contribution is -2.05. The molecule has 5 heteroatoms. The Kier molecular flexibility index (Phi) is 3.22. The second-order valence-corrected chi connectivity index (χ2v) is 6.19. The highest BCUT2D eigenvalue weighted by molar-refractivity contribution is 7.17. The standard InChI is InChI=1S/C15H16FN3S/c1-9-4-5-12(16)13(6-9)17-7-14-11(3)18-15-19(14)8-10(2)20-15/h4-6,8,17H,7H2,1-3H3. The van der Waals surface area contributed by atoms with Crippen LogP contribution in [-0.2, 0) is 6.54 Å². The maximum Gasteiger partial charge on any atom is 0.194 e. The van der Waals surface area contributed by atoms with Crippen LogP contribution >= 0.6 is 11.3 Å². The maximum atomic E-state index is 13.7. The van der Waals surface area contributed by atoms with Crippen molar-refractivity contribution in [3.63, 3.8) is 0 Å². The highest BCUT2D eigenvalue weighted by Gasteiger charge is 2.11. The minimum absolute atomic E-state index is 0.226. The Morgan fingerprint density at radius 2 is 2.10 bits per heavy atom. The molecule has 0 aliphatic carbocycles. The molecule has 1 aromatic carbocycles. The zero-order valence-electron chi connectivity index (χ0n) is 11.7. The third-order valence-corrected chi connectivity index (χ3v) is 4.21. The maximum absolute atomic E-state index is 13.7. The van der Waals surface area contributed by atoms with E-state index < -0.39 is 0 Å². The van der Waals surface area contributed by atoms with Crippen molar-refractivity contribution in [2.45, 2.75) is 27.3 Å². The quantitative estimate of drug-likeness (QED) is 0.787. The van der Waals surface area contributed by atoms with Crippen molar-refractivity contribution < 1.29 is 4.39 Å². The van der Waals surface area contributed by atoms with Crippen molar-refractivity contribution >= 4 is 22.0 Å². The number of hydrogen-bond donors (Lipinski definition) is 1. The van der Waals surface area contributed by atoms with E-state index in [2.05, 4.69) is 27.8 Å². The lowest BCUT2D eigenvalue weighted by atomic mass is 10.2. The van der Waals surface area contributed by atoms with Crippen molar-refractivity contribution in [3.05, 3.63) is 52.0 Å². The molecule has 3 nitrogen and oxygen atoms in total. The van der Waals surface area contributed by atoms with E-state index in [-0.39, 0.29) is 5.82 Å². The fraction of sp³-hybridized carbons (Fsp3) is 0.267. The van der Waals surface area contributed by atoms with Gasteiger partial charge in [0, 0.05) is 11.1 Å². The molecule has 0 saturated heterocycles. The van der Waals surface area contributed by atoms with Crippen LogP contribution in [0.1, 0.15) is 21.8 Å². The number of nitrogens with zero attached hydrogens (tertiary/aromatic N) is 2. The number of benzene rings is 1. The first kappa shape index (κ1) is 13.1. The summed E-state index contributed by atoms with van der Waals surface area (Å²) in [5.74, 6) is -0.226. The van der Waals surface area contributed by atoms with E-state index >= 15 is 0 Å². The second-order valence-electron chi connectivity index (χ2n) is 4.98. The molecule has 1 N–H and O–H groups in total. The van der Waals surface area contributed by atoms with Crippen molar-refractivity contribution in [1.82, 2.24) is 9.38 Å². The SMILES string of the molecule is Cc1ccc(F)c(NCc2c(C)nc3sc(C)cn23)c1. The van der Waals surface area contributed by atoms with Crippen LogP contribution in [-0.4, -0.2) is 9.38 Å². The molecule has 0 aliphatic rings. The van der Waals surface area contributed by atoms with Gasteiger partial charge in [-0.15, -0.1) is 11.3 Å². The summed E-state index contributed by atoms with van der Waals surface area (Å²) in [6, 6.07) is 5.08. The molecular weight excluding hydrogens is 273 g/mol. The Bertz CT molecular complexity index is 773. The van der Waals surface area contributed by atoms with Crippen LogP contribution in [0.5, 0.6) is 0 Å². The van der Waals surface area contributed by atoms with Gasteiger partial charge in [-0.05, 0) is 38.5 Å². The van der Waals surface area contributed by atoms with Gasteiger partial charge in [0.25, 0.3) is 0 Å². The number of nitrogens with one attached hydrogen (secondary N) is 1. The van der Waals surface area contributed by atoms with Gasteiger partial charge in [0.2, 0.25) is 0 Å². The van der Waals surface area contributed by atoms with Crippen molar-refractivity contribution in [3.8, 4) is 0 Å². The minimum Gasteiger partial charge on any atom is -0.377 e. The summed E-state index contributed by atoms with van der Waals surface area (Å²) in [4.78, 5) is 6.74. The van der Waals surface area contributed by atoms with E-state index in [1.54, 1.807) is 17.4 Å². The lowest BCUT2D eigenvalue weighted by molar-refractivity contribution is 0.629. The smallest absolute Gasteiger partial charge is 0.194 e. The number of halogens is 1. The van der Waals surface area contributed by atoms with E-state index in [4.69, 9.17) is 0 Å². The van der Waals surface area contributed by atoms with Gasteiger partial charge in [-0.3, -0.25) is 4.40 Å². The summed E-state index contributed by atoms with van der Waals surface area (Å²) in [6.45, 7) is 6.56. The molecule has 3 rings (SSSR count). The molecule has 2 heterocycles. The number of thiazole rings is 1. The van der Waals surface area contributed by atoms with Gasteiger partial charge in [-0.2, -0.15) is 0 Å². The summed E-state index contributed by atoms with van der Waals surface area (Å²) in [7, 11) is 0. The molecule has 20 heavy (non-hydrogen) atoms. The highest BCUT2D eigenvalue weighted by atomic mass is 32.1. The van der Waals surface area contributed by atoms with Crippen molar-refractivity contribution in [1.29, 1.82) is 0 Å². The Labute approximate surface area is 121 Å². The number of aryl methyl sites for hydroxylation is 3. The van der Waals surface area contributed by atoms with Gasteiger partial charge in [-0.1, -0.05) is 6.07 Å². The van der Waals surface area contributed by atoms with Gasteiger partial charge in [0.15, 0.2) is 4.96 Å². The third-order valence-electron chi connectivity index (χ3n) is 3.31. The molecule has 0 aliphatic heterocycles. The minimum atomic E-state index is -0.226. The van der Waals surface area contributed by atoms with E-state index in [0.717, 1.165) is 21.9 Å². The molecular formula is C15H16FN3S. The van der Waals surface area contributed by atoms with Crippen LogP contribution in [0.4, 0.5) is 10.1 Å². The molecule has 104 valence electrons. The number of imidazole rings is 1. The van der Waals surface area contributed by atoms with E-state index in [0.29, 0.717) is 12.2 Å². The fourth-order valence-electron chi connectivity index (χ4n) is 2.28. The zero-order valence-corrected chi connectivity index (χ0v) is 12.5. The van der Waals surface area contributed by atoms with E-state index in [1.165, 1.54) is 10.9 Å². The van der Waals surface area contributed by atoms with Crippen molar-refractivity contribution in [2.24, 2.45) is 0 Å². The topological polar surface area (TPSA) is 29.3 Å². The van der Waals surface area contributed by atoms with Gasteiger partial charge < -0.3 is 5.32 Å². The first-order valence-electron chi connectivity index (χ1n) is 6.48. The molecule has 0 amide bonds. The van der Waals surface area contributed by atoms with Gasteiger partial charge >= 0.3 is 0 Å². The summed E-state index contributed by atoms with van der Waals surface area (Å²) in [5.41, 5.74) is 3.63. The molecule has 2 aromatic heterocycles. The molecule has 0 saturated carbocycles. The van der Waals surface area contributed by atoms with Crippen LogP contribution in [0.25, 0.3) is 4.96 Å². The summed E-state index contributed by atoms with van der Waals surface area (Å²) >= 11 is 1.66. The predicted molar refractivity (Wildman–Crippen MR) is 81.0 cm³/mol. The predicted octanol–water partition coefficient (Wildman–Crippen LogP) is 4.07. The van der Waals surface area contributed by atoms with Crippen LogP contribution in [0, 0.1) is 26.6 Å². The van der Waals surface area contributed by atoms with Crippen LogP contribution in [0.2, 0.25) is 0 Å². The highest BCUT2D eigenvalue weighted by Crippen LogP contribution is 2.22. The Morgan fingerprint density at radius 1 is 1.30 bits per heavy atom. The molecule has 0 fully saturated rings. The van der Waals surface area contributed by atoms with Gasteiger partial charge in [0.05, 0.1) is 23.6 Å². The Balaban J connectivity index is 1.89. The molecule has 0 bridgehead atoms.